The van der Waals surface area contributed by atoms with E-state index in [0.717, 1.165) is 34.6 Å². The minimum absolute atomic E-state index is 0.378. The molecule has 0 spiro atoms. The van der Waals surface area contributed by atoms with Gasteiger partial charge in [-0.05, 0) is 131 Å². The van der Waals surface area contributed by atoms with E-state index in [2.05, 4.69) is 86.5 Å². The van der Waals surface area contributed by atoms with Gasteiger partial charge in [0, 0.05) is 24.8 Å². The Balaban J connectivity index is 0.978. The molecule has 0 aromatic carbocycles. The normalized spacial score (nSPS) is 28.7. The Morgan fingerprint density at radius 1 is 0.558 bits per heavy atom. The molecule has 6 unspecified atom stereocenters. The summed E-state index contributed by atoms with van der Waals surface area (Å²) < 4.78 is 0. The second-order valence-corrected chi connectivity index (χ2v) is 15.1. The molecular weight excluding hydrogens is 524 g/mol. The van der Waals surface area contributed by atoms with E-state index in [9.17, 15) is 0 Å². The van der Waals surface area contributed by atoms with Crippen LogP contribution in [-0.4, -0.2) is 19.9 Å². The van der Waals surface area contributed by atoms with Crippen LogP contribution < -0.4 is 0 Å². The predicted molar refractivity (Wildman–Crippen MR) is 173 cm³/mol. The molecule has 6 aliphatic carbocycles. The van der Waals surface area contributed by atoms with Gasteiger partial charge < -0.3 is 0 Å². The highest BCUT2D eigenvalue weighted by Crippen LogP contribution is 2.68. The molecule has 6 atom stereocenters. The van der Waals surface area contributed by atoms with Crippen LogP contribution >= 0.6 is 0 Å². The van der Waals surface area contributed by atoms with E-state index < -0.39 is 0 Å². The first-order valence-electron chi connectivity index (χ1n) is 16.7. The Kier molecular flexibility index (Phi) is 6.37. The summed E-state index contributed by atoms with van der Waals surface area (Å²) in [5.41, 5.74) is 10.9. The fourth-order valence-corrected chi connectivity index (χ4v) is 9.89. The Hall–Kier alpha value is -3.40. The Bertz CT molecular complexity index is 1520. The van der Waals surface area contributed by atoms with Crippen molar-refractivity contribution in [2.24, 2.45) is 22.7 Å². The summed E-state index contributed by atoms with van der Waals surface area (Å²) in [5.74, 6) is 4.13. The van der Waals surface area contributed by atoms with Crippen molar-refractivity contribution in [3.05, 3.63) is 95.6 Å². The zero-order valence-corrected chi connectivity index (χ0v) is 26.1. The molecule has 4 nitrogen and oxygen atoms in total. The summed E-state index contributed by atoms with van der Waals surface area (Å²) in [6.45, 7) is 9.99. The number of hydrogen-bond acceptors (Lipinski definition) is 4. The lowest BCUT2D eigenvalue weighted by Crippen LogP contribution is -2.50. The first kappa shape index (κ1) is 27.2. The van der Waals surface area contributed by atoms with E-state index in [1.54, 1.807) is 11.1 Å². The molecule has 6 aliphatic rings. The third kappa shape index (κ3) is 4.23. The van der Waals surface area contributed by atoms with Crippen molar-refractivity contribution in [1.82, 2.24) is 19.9 Å². The van der Waals surface area contributed by atoms with Crippen LogP contribution in [0.25, 0.3) is 22.8 Å². The van der Waals surface area contributed by atoms with E-state index in [1.165, 1.54) is 56.1 Å². The number of unbranched alkanes of at least 4 members (excludes halogenated alkanes) is 2. The Labute approximate surface area is 256 Å². The first-order chi connectivity index (χ1) is 20.8. The fraction of sp³-hybridized carbons (Fsp3) is 0.487. The van der Waals surface area contributed by atoms with Crippen LogP contribution in [0.5, 0.6) is 0 Å². The summed E-state index contributed by atoms with van der Waals surface area (Å²) in [6, 6.07) is 17.0. The highest BCUT2D eigenvalue weighted by Gasteiger charge is 2.57. The minimum Gasteiger partial charge on any atom is -0.255 e. The quantitative estimate of drug-likeness (QED) is 0.199. The minimum atomic E-state index is 0.378. The van der Waals surface area contributed by atoms with Crippen molar-refractivity contribution in [2.45, 2.75) is 96.3 Å². The van der Waals surface area contributed by atoms with E-state index in [1.807, 2.05) is 24.5 Å². The molecule has 220 valence electrons. The molecule has 2 saturated carbocycles. The average Bonchev–Trinajstić information content (AvgIpc) is 3.04. The monoisotopic (exact) mass is 568 g/mol. The standard InChI is InChI=1S/C39H44N4/c1-38(2)30-20-32(38)28-22-42-36(34-14-8-10-16-40-34)18-26(28)24(30)12-6-5-7-13-25-27-19-37(35-15-9-11-17-41-35)43-23-29(27)33-21-31(25)39(33,3)4/h8-11,14-19,22-25,30-33H,5-7,12-13,20-21H2,1-4H3. The van der Waals surface area contributed by atoms with Gasteiger partial charge in [0.25, 0.3) is 0 Å². The van der Waals surface area contributed by atoms with Gasteiger partial charge in [-0.15, -0.1) is 0 Å². The molecule has 0 radical (unpaired) electrons. The van der Waals surface area contributed by atoms with E-state index in [0.29, 0.717) is 34.5 Å². The number of hydrogen-bond donors (Lipinski definition) is 0. The van der Waals surface area contributed by atoms with Crippen LogP contribution in [-0.2, 0) is 0 Å². The maximum Gasteiger partial charge on any atom is 0.0889 e. The van der Waals surface area contributed by atoms with Gasteiger partial charge in [0.15, 0.2) is 0 Å². The molecule has 4 aromatic heterocycles. The third-order valence-electron chi connectivity index (χ3n) is 12.5. The lowest BCUT2D eigenvalue weighted by atomic mass is 9.43. The Morgan fingerprint density at radius 3 is 1.42 bits per heavy atom. The molecule has 10 rings (SSSR count). The molecule has 4 aromatic rings. The summed E-state index contributed by atoms with van der Waals surface area (Å²) in [5, 5.41) is 0. The van der Waals surface area contributed by atoms with Crippen LogP contribution in [0.3, 0.4) is 0 Å². The second-order valence-electron chi connectivity index (χ2n) is 15.1. The zero-order chi connectivity index (χ0) is 29.3. The number of nitrogens with zero attached hydrogens (tertiary/aromatic N) is 4. The predicted octanol–water partition coefficient (Wildman–Crippen LogP) is 9.71. The van der Waals surface area contributed by atoms with Gasteiger partial charge in [-0.2, -0.15) is 0 Å². The van der Waals surface area contributed by atoms with Crippen LogP contribution in [0.2, 0.25) is 0 Å². The lowest BCUT2D eigenvalue weighted by molar-refractivity contribution is -0.0104. The van der Waals surface area contributed by atoms with Crippen molar-refractivity contribution in [2.75, 3.05) is 0 Å². The summed E-state index contributed by atoms with van der Waals surface area (Å²) >= 11 is 0. The fourth-order valence-electron chi connectivity index (χ4n) is 9.89. The van der Waals surface area contributed by atoms with E-state index in [-0.39, 0.29) is 0 Å². The summed E-state index contributed by atoms with van der Waals surface area (Å²) in [7, 11) is 0. The van der Waals surface area contributed by atoms with Crippen LogP contribution in [0.15, 0.2) is 73.3 Å². The summed E-state index contributed by atoms with van der Waals surface area (Å²) in [4.78, 5) is 19.0. The molecule has 0 N–H and O–H groups in total. The molecule has 2 fully saturated rings. The largest absolute Gasteiger partial charge is 0.255 e. The van der Waals surface area contributed by atoms with Crippen LogP contribution in [0.4, 0.5) is 0 Å². The van der Waals surface area contributed by atoms with E-state index in [4.69, 9.17) is 9.97 Å². The zero-order valence-electron chi connectivity index (χ0n) is 26.1. The molecule has 0 amide bonds. The molecule has 4 heterocycles. The van der Waals surface area contributed by atoms with Crippen molar-refractivity contribution < 1.29 is 0 Å². The smallest absolute Gasteiger partial charge is 0.0889 e. The molecule has 0 aliphatic heterocycles. The van der Waals surface area contributed by atoms with Gasteiger partial charge in [0.1, 0.15) is 0 Å². The number of pyridine rings is 4. The molecule has 0 saturated heterocycles. The van der Waals surface area contributed by atoms with Gasteiger partial charge in [0.05, 0.1) is 22.8 Å². The van der Waals surface area contributed by atoms with Gasteiger partial charge in [-0.25, -0.2) is 0 Å². The molecule has 43 heavy (non-hydrogen) atoms. The highest BCUT2D eigenvalue weighted by atomic mass is 14.8. The maximum atomic E-state index is 4.89. The maximum absolute atomic E-state index is 4.89. The summed E-state index contributed by atoms with van der Waals surface area (Å²) in [6.07, 6.45) is 17.3. The third-order valence-corrected chi connectivity index (χ3v) is 12.5. The Morgan fingerprint density at radius 2 is 1.02 bits per heavy atom. The average molecular weight is 569 g/mol. The topological polar surface area (TPSA) is 51.6 Å². The lowest BCUT2D eigenvalue weighted by Gasteiger charge is -2.61. The van der Waals surface area contributed by atoms with Crippen molar-refractivity contribution in [3.8, 4) is 22.8 Å². The molecule has 4 heteroatoms. The van der Waals surface area contributed by atoms with Crippen LogP contribution in [0.1, 0.15) is 119 Å². The van der Waals surface area contributed by atoms with Crippen LogP contribution in [0, 0.1) is 22.7 Å². The number of rotatable bonds is 8. The number of aromatic nitrogens is 4. The molecular formula is C39H44N4. The van der Waals surface area contributed by atoms with Gasteiger partial charge in [0.2, 0.25) is 0 Å². The second kappa shape index (κ2) is 10.1. The van der Waals surface area contributed by atoms with Gasteiger partial charge >= 0.3 is 0 Å². The first-order valence-corrected chi connectivity index (χ1v) is 16.7. The van der Waals surface area contributed by atoms with Crippen molar-refractivity contribution >= 4 is 0 Å². The SMILES string of the molecule is CC1(C)C2CC1C(CCCCCC1c3cc(-c4ccccn4)ncc3C3CC1C3(C)C)c1cc(-c3ccccn3)ncc12. The van der Waals surface area contributed by atoms with Crippen molar-refractivity contribution in [1.29, 1.82) is 0 Å². The van der Waals surface area contributed by atoms with Gasteiger partial charge in [-0.3, -0.25) is 19.9 Å². The van der Waals surface area contributed by atoms with E-state index >= 15 is 0 Å². The van der Waals surface area contributed by atoms with Gasteiger partial charge in [-0.1, -0.05) is 59.1 Å². The molecule has 4 bridgehead atoms. The highest BCUT2D eigenvalue weighted by molar-refractivity contribution is 5.59. The van der Waals surface area contributed by atoms with Crippen molar-refractivity contribution in [3.63, 3.8) is 0 Å².